The molecule has 1 amide bonds. The number of nitrogens with zero attached hydrogens (tertiary/aromatic N) is 1. The molecule has 3 aromatic rings. The standard InChI is InChI=1S/C14H9BrN2OS/c15-11-5-7-19-13(11)14(18)17-12-3-1-2-9-4-6-16-8-10(9)12/h1-8H,(H,17,18). The van der Waals surface area contributed by atoms with Crippen LogP contribution in [0.1, 0.15) is 9.67 Å². The molecule has 1 aromatic carbocycles. The van der Waals surface area contributed by atoms with Gasteiger partial charge < -0.3 is 5.32 Å². The van der Waals surface area contributed by atoms with E-state index in [2.05, 4.69) is 26.2 Å². The first-order valence-corrected chi connectivity index (χ1v) is 7.30. The van der Waals surface area contributed by atoms with Gasteiger partial charge in [-0.15, -0.1) is 11.3 Å². The van der Waals surface area contributed by atoms with Crippen molar-refractivity contribution in [2.45, 2.75) is 0 Å². The van der Waals surface area contributed by atoms with Crippen molar-refractivity contribution in [3.63, 3.8) is 0 Å². The van der Waals surface area contributed by atoms with Gasteiger partial charge in [-0.3, -0.25) is 9.78 Å². The van der Waals surface area contributed by atoms with Crippen LogP contribution in [0.2, 0.25) is 0 Å². The molecule has 0 aliphatic carbocycles. The van der Waals surface area contributed by atoms with Crippen LogP contribution in [0.5, 0.6) is 0 Å². The quantitative estimate of drug-likeness (QED) is 0.759. The second kappa shape index (κ2) is 5.11. The van der Waals surface area contributed by atoms with Gasteiger partial charge in [0.25, 0.3) is 5.91 Å². The molecule has 0 saturated carbocycles. The number of pyridine rings is 1. The van der Waals surface area contributed by atoms with Gasteiger partial charge in [0.1, 0.15) is 4.88 Å². The van der Waals surface area contributed by atoms with Crippen LogP contribution < -0.4 is 5.32 Å². The molecule has 0 fully saturated rings. The molecule has 2 heterocycles. The molecule has 3 rings (SSSR count). The fourth-order valence-electron chi connectivity index (χ4n) is 1.86. The molecule has 19 heavy (non-hydrogen) atoms. The molecule has 0 bridgehead atoms. The zero-order valence-corrected chi connectivity index (χ0v) is 12.2. The number of halogens is 1. The van der Waals surface area contributed by atoms with Gasteiger partial charge in [0.2, 0.25) is 0 Å². The minimum Gasteiger partial charge on any atom is -0.321 e. The van der Waals surface area contributed by atoms with E-state index in [-0.39, 0.29) is 5.91 Å². The number of carbonyl (C=O) groups is 1. The monoisotopic (exact) mass is 332 g/mol. The smallest absolute Gasteiger partial charge is 0.266 e. The summed E-state index contributed by atoms with van der Waals surface area (Å²) in [6.45, 7) is 0. The number of anilines is 1. The van der Waals surface area contributed by atoms with Crippen molar-refractivity contribution in [2.24, 2.45) is 0 Å². The van der Waals surface area contributed by atoms with Gasteiger partial charge in [-0.25, -0.2) is 0 Å². The summed E-state index contributed by atoms with van der Waals surface area (Å²) < 4.78 is 0.813. The summed E-state index contributed by atoms with van der Waals surface area (Å²) in [5.74, 6) is -0.113. The number of fused-ring (bicyclic) bond motifs is 1. The summed E-state index contributed by atoms with van der Waals surface area (Å²) in [6.07, 6.45) is 3.50. The Kier molecular flexibility index (Phi) is 3.31. The maximum atomic E-state index is 12.2. The second-order valence-corrected chi connectivity index (χ2v) is 5.72. The van der Waals surface area contributed by atoms with E-state index in [1.165, 1.54) is 11.3 Å². The zero-order chi connectivity index (χ0) is 13.2. The van der Waals surface area contributed by atoms with Gasteiger partial charge >= 0.3 is 0 Å². The number of hydrogen-bond donors (Lipinski definition) is 1. The summed E-state index contributed by atoms with van der Waals surface area (Å²) in [6, 6.07) is 9.58. The van der Waals surface area contributed by atoms with Crippen molar-refractivity contribution in [3.8, 4) is 0 Å². The highest BCUT2D eigenvalue weighted by Crippen LogP contribution is 2.26. The van der Waals surface area contributed by atoms with Crippen LogP contribution in [0.3, 0.4) is 0 Å². The average molecular weight is 333 g/mol. The normalized spacial score (nSPS) is 10.6. The minimum absolute atomic E-state index is 0.113. The Morgan fingerprint density at radius 2 is 2.16 bits per heavy atom. The second-order valence-electron chi connectivity index (χ2n) is 3.95. The Hall–Kier alpha value is -1.72. The van der Waals surface area contributed by atoms with Crippen molar-refractivity contribution in [3.05, 3.63) is 57.5 Å². The maximum absolute atomic E-state index is 12.2. The van der Waals surface area contributed by atoms with Gasteiger partial charge in [-0.1, -0.05) is 12.1 Å². The molecule has 0 aliphatic heterocycles. The van der Waals surface area contributed by atoms with E-state index in [0.29, 0.717) is 4.88 Å². The molecule has 5 heteroatoms. The third kappa shape index (κ3) is 2.39. The Morgan fingerprint density at radius 1 is 1.26 bits per heavy atom. The third-order valence-corrected chi connectivity index (χ3v) is 4.59. The lowest BCUT2D eigenvalue weighted by atomic mass is 10.1. The fourth-order valence-corrected chi connectivity index (χ4v) is 3.30. The first-order chi connectivity index (χ1) is 9.25. The predicted molar refractivity (Wildman–Crippen MR) is 81.7 cm³/mol. The molecule has 0 unspecified atom stereocenters. The first kappa shape index (κ1) is 12.3. The Balaban J connectivity index is 1.98. The molecule has 1 N–H and O–H groups in total. The molecule has 2 aromatic heterocycles. The Labute approximate surface area is 122 Å². The minimum atomic E-state index is -0.113. The zero-order valence-electron chi connectivity index (χ0n) is 9.76. The van der Waals surface area contributed by atoms with E-state index in [4.69, 9.17) is 0 Å². The molecule has 0 radical (unpaired) electrons. The highest BCUT2D eigenvalue weighted by atomic mass is 79.9. The molecule has 0 aliphatic rings. The van der Waals surface area contributed by atoms with E-state index in [9.17, 15) is 4.79 Å². The number of benzene rings is 1. The molecule has 0 atom stereocenters. The van der Waals surface area contributed by atoms with E-state index in [1.54, 1.807) is 12.4 Å². The third-order valence-electron chi connectivity index (χ3n) is 2.76. The lowest BCUT2D eigenvalue weighted by Crippen LogP contribution is -2.11. The number of thiophene rings is 1. The summed E-state index contributed by atoms with van der Waals surface area (Å²) >= 11 is 4.77. The largest absolute Gasteiger partial charge is 0.321 e. The van der Waals surface area contributed by atoms with Gasteiger partial charge in [-0.2, -0.15) is 0 Å². The van der Waals surface area contributed by atoms with Gasteiger partial charge in [0.15, 0.2) is 0 Å². The Morgan fingerprint density at radius 3 is 2.95 bits per heavy atom. The predicted octanol–water partition coefficient (Wildman–Crippen LogP) is 4.31. The van der Waals surface area contributed by atoms with Crippen molar-refractivity contribution >= 4 is 49.6 Å². The molecule has 0 spiro atoms. The van der Waals surface area contributed by atoms with Crippen LogP contribution in [0.15, 0.2) is 52.6 Å². The van der Waals surface area contributed by atoms with Crippen LogP contribution in [-0.4, -0.2) is 10.9 Å². The average Bonchev–Trinajstić information content (AvgIpc) is 2.85. The van der Waals surface area contributed by atoms with Gasteiger partial charge in [0, 0.05) is 22.3 Å². The van der Waals surface area contributed by atoms with Crippen molar-refractivity contribution < 1.29 is 4.79 Å². The van der Waals surface area contributed by atoms with Crippen molar-refractivity contribution in [1.29, 1.82) is 0 Å². The lowest BCUT2D eigenvalue weighted by molar-refractivity contribution is 0.103. The van der Waals surface area contributed by atoms with Crippen LogP contribution >= 0.6 is 27.3 Å². The summed E-state index contributed by atoms with van der Waals surface area (Å²) in [4.78, 5) is 17.0. The number of nitrogens with one attached hydrogen (secondary N) is 1. The number of hydrogen-bond acceptors (Lipinski definition) is 3. The van der Waals surface area contributed by atoms with Crippen LogP contribution in [-0.2, 0) is 0 Å². The van der Waals surface area contributed by atoms with Crippen LogP contribution in [0, 0.1) is 0 Å². The molecular formula is C14H9BrN2OS. The molecular weight excluding hydrogens is 324 g/mol. The van der Waals surface area contributed by atoms with E-state index >= 15 is 0 Å². The highest BCUT2D eigenvalue weighted by Gasteiger charge is 2.12. The van der Waals surface area contributed by atoms with Gasteiger partial charge in [0.05, 0.1) is 5.69 Å². The van der Waals surface area contributed by atoms with E-state index in [1.807, 2.05) is 35.7 Å². The number of aromatic nitrogens is 1. The Bertz CT molecular complexity index is 749. The fraction of sp³-hybridized carbons (Fsp3) is 0. The molecule has 3 nitrogen and oxygen atoms in total. The van der Waals surface area contributed by atoms with Crippen LogP contribution in [0.25, 0.3) is 10.8 Å². The lowest BCUT2D eigenvalue weighted by Gasteiger charge is -2.07. The summed E-state index contributed by atoms with van der Waals surface area (Å²) in [7, 11) is 0. The van der Waals surface area contributed by atoms with Crippen LogP contribution in [0.4, 0.5) is 5.69 Å². The van der Waals surface area contributed by atoms with E-state index in [0.717, 1.165) is 20.9 Å². The maximum Gasteiger partial charge on any atom is 0.266 e. The number of amides is 1. The highest BCUT2D eigenvalue weighted by molar-refractivity contribution is 9.10. The molecule has 94 valence electrons. The van der Waals surface area contributed by atoms with Crippen molar-refractivity contribution in [2.75, 3.05) is 5.32 Å². The first-order valence-electron chi connectivity index (χ1n) is 5.63. The molecule has 0 saturated heterocycles. The van der Waals surface area contributed by atoms with E-state index < -0.39 is 0 Å². The number of rotatable bonds is 2. The van der Waals surface area contributed by atoms with Crippen molar-refractivity contribution in [1.82, 2.24) is 4.98 Å². The summed E-state index contributed by atoms with van der Waals surface area (Å²) in [5, 5.41) is 6.80. The van der Waals surface area contributed by atoms with Gasteiger partial charge in [-0.05, 0) is 44.9 Å². The SMILES string of the molecule is O=C(Nc1cccc2ccncc12)c1sccc1Br. The number of carbonyl (C=O) groups excluding carboxylic acids is 1. The topological polar surface area (TPSA) is 42.0 Å². The summed E-state index contributed by atoms with van der Waals surface area (Å²) in [5.41, 5.74) is 0.774.